The molecule has 1 unspecified atom stereocenters. The van der Waals surface area contributed by atoms with Crippen molar-refractivity contribution in [1.29, 1.82) is 0 Å². The van der Waals surface area contributed by atoms with Crippen LogP contribution in [0, 0.1) is 12.8 Å². The second-order valence-electron chi connectivity index (χ2n) is 7.23. The first-order chi connectivity index (χ1) is 12.0. The van der Waals surface area contributed by atoms with Gasteiger partial charge in [-0.25, -0.2) is 0 Å². The fourth-order valence-electron chi connectivity index (χ4n) is 3.23. The SMILES string of the molecule is Cc1ccc(CN(C)C(=O)CN(Cc2ccccc2)C(C)C2CC2)o1. The van der Waals surface area contributed by atoms with Crippen LogP contribution in [0.25, 0.3) is 0 Å². The van der Waals surface area contributed by atoms with Gasteiger partial charge in [-0.15, -0.1) is 0 Å². The van der Waals surface area contributed by atoms with Crippen LogP contribution < -0.4 is 0 Å². The fourth-order valence-corrected chi connectivity index (χ4v) is 3.23. The number of furan rings is 1. The van der Waals surface area contributed by atoms with Gasteiger partial charge in [0.2, 0.25) is 5.91 Å². The Labute approximate surface area is 150 Å². The van der Waals surface area contributed by atoms with E-state index in [0.717, 1.165) is 24.0 Å². The minimum absolute atomic E-state index is 0.137. The number of rotatable bonds is 8. The highest BCUT2D eigenvalue weighted by molar-refractivity contribution is 5.78. The monoisotopic (exact) mass is 340 g/mol. The first-order valence-corrected chi connectivity index (χ1v) is 9.10. The number of aryl methyl sites for hydroxylation is 1. The van der Waals surface area contributed by atoms with E-state index in [0.29, 0.717) is 19.1 Å². The molecular formula is C21H28N2O2. The Morgan fingerprint density at radius 2 is 1.88 bits per heavy atom. The number of likely N-dealkylation sites (N-methyl/N-ethyl adjacent to an activating group) is 1. The second kappa shape index (κ2) is 7.87. The molecule has 25 heavy (non-hydrogen) atoms. The molecule has 4 heteroatoms. The second-order valence-corrected chi connectivity index (χ2v) is 7.23. The highest BCUT2D eigenvalue weighted by atomic mass is 16.3. The van der Waals surface area contributed by atoms with Crippen molar-refractivity contribution < 1.29 is 9.21 Å². The lowest BCUT2D eigenvalue weighted by Crippen LogP contribution is -2.42. The van der Waals surface area contributed by atoms with Gasteiger partial charge in [0, 0.05) is 19.6 Å². The Morgan fingerprint density at radius 1 is 1.16 bits per heavy atom. The van der Waals surface area contributed by atoms with Gasteiger partial charge in [-0.2, -0.15) is 0 Å². The standard InChI is InChI=1S/C21H28N2O2/c1-16-9-12-20(25-16)14-22(3)21(24)15-23(17(2)19-10-11-19)13-18-7-5-4-6-8-18/h4-9,12,17,19H,10-11,13-15H2,1-3H3. The number of carbonyl (C=O) groups is 1. The van der Waals surface area contributed by atoms with E-state index < -0.39 is 0 Å². The summed E-state index contributed by atoms with van der Waals surface area (Å²) in [5.41, 5.74) is 1.26. The van der Waals surface area contributed by atoms with Crippen LogP contribution in [0.3, 0.4) is 0 Å². The number of hydrogen-bond acceptors (Lipinski definition) is 3. The van der Waals surface area contributed by atoms with Crippen LogP contribution in [0.4, 0.5) is 0 Å². The summed E-state index contributed by atoms with van der Waals surface area (Å²) in [4.78, 5) is 16.8. The van der Waals surface area contributed by atoms with Crippen molar-refractivity contribution in [2.75, 3.05) is 13.6 Å². The lowest BCUT2D eigenvalue weighted by Gasteiger charge is -2.30. The quantitative estimate of drug-likeness (QED) is 0.732. The maximum atomic E-state index is 12.7. The largest absolute Gasteiger partial charge is 0.464 e. The van der Waals surface area contributed by atoms with Gasteiger partial charge >= 0.3 is 0 Å². The smallest absolute Gasteiger partial charge is 0.236 e. The van der Waals surface area contributed by atoms with Gasteiger partial charge in [0.05, 0.1) is 13.1 Å². The van der Waals surface area contributed by atoms with E-state index >= 15 is 0 Å². The topological polar surface area (TPSA) is 36.7 Å². The minimum atomic E-state index is 0.137. The van der Waals surface area contributed by atoms with Gasteiger partial charge in [-0.3, -0.25) is 9.69 Å². The molecule has 1 heterocycles. The summed E-state index contributed by atoms with van der Waals surface area (Å²) in [6.45, 7) is 5.96. The van der Waals surface area contributed by atoms with Gasteiger partial charge < -0.3 is 9.32 Å². The maximum Gasteiger partial charge on any atom is 0.236 e. The molecule has 1 aromatic carbocycles. The zero-order valence-corrected chi connectivity index (χ0v) is 15.4. The number of nitrogens with zero attached hydrogens (tertiary/aromatic N) is 2. The minimum Gasteiger partial charge on any atom is -0.464 e. The molecule has 1 atom stereocenters. The Kier molecular flexibility index (Phi) is 5.59. The van der Waals surface area contributed by atoms with Crippen molar-refractivity contribution in [3.8, 4) is 0 Å². The van der Waals surface area contributed by atoms with E-state index in [2.05, 4.69) is 36.1 Å². The highest BCUT2D eigenvalue weighted by Gasteiger charge is 2.33. The van der Waals surface area contributed by atoms with E-state index in [1.807, 2.05) is 32.2 Å². The third-order valence-corrected chi connectivity index (χ3v) is 5.06. The molecule has 3 rings (SSSR count). The molecule has 1 fully saturated rings. The number of amides is 1. The lowest BCUT2D eigenvalue weighted by molar-refractivity contribution is -0.132. The Balaban J connectivity index is 1.62. The summed E-state index contributed by atoms with van der Waals surface area (Å²) in [6.07, 6.45) is 2.56. The summed E-state index contributed by atoms with van der Waals surface area (Å²) in [5.74, 6) is 2.58. The van der Waals surface area contributed by atoms with E-state index in [1.165, 1.54) is 18.4 Å². The first-order valence-electron chi connectivity index (χ1n) is 9.10. The molecular weight excluding hydrogens is 312 g/mol. The number of carbonyl (C=O) groups excluding carboxylic acids is 1. The molecule has 1 saturated carbocycles. The molecule has 0 radical (unpaired) electrons. The Bertz CT molecular complexity index is 691. The van der Waals surface area contributed by atoms with Crippen LogP contribution >= 0.6 is 0 Å². The van der Waals surface area contributed by atoms with Crippen LogP contribution in [-0.2, 0) is 17.9 Å². The van der Waals surface area contributed by atoms with Crippen LogP contribution in [0.1, 0.15) is 36.8 Å². The van der Waals surface area contributed by atoms with E-state index in [4.69, 9.17) is 4.42 Å². The molecule has 134 valence electrons. The summed E-state index contributed by atoms with van der Waals surface area (Å²) < 4.78 is 5.59. The first kappa shape index (κ1) is 17.7. The Morgan fingerprint density at radius 3 is 2.48 bits per heavy atom. The van der Waals surface area contributed by atoms with Crippen LogP contribution in [0.5, 0.6) is 0 Å². The van der Waals surface area contributed by atoms with Crippen molar-refractivity contribution in [2.45, 2.75) is 45.8 Å². The maximum absolute atomic E-state index is 12.7. The molecule has 1 aliphatic carbocycles. The van der Waals surface area contributed by atoms with Crippen molar-refractivity contribution >= 4 is 5.91 Å². The van der Waals surface area contributed by atoms with E-state index in [9.17, 15) is 4.79 Å². The lowest BCUT2D eigenvalue weighted by atomic mass is 10.1. The van der Waals surface area contributed by atoms with Gasteiger partial charge in [-0.1, -0.05) is 30.3 Å². The normalized spacial score (nSPS) is 15.4. The molecule has 2 aromatic rings. The van der Waals surface area contributed by atoms with E-state index in [-0.39, 0.29) is 5.91 Å². The highest BCUT2D eigenvalue weighted by Crippen LogP contribution is 2.35. The van der Waals surface area contributed by atoms with Gasteiger partial charge in [0.15, 0.2) is 0 Å². The molecule has 1 amide bonds. The molecule has 4 nitrogen and oxygen atoms in total. The summed E-state index contributed by atoms with van der Waals surface area (Å²) >= 11 is 0. The van der Waals surface area contributed by atoms with Crippen molar-refractivity contribution in [3.63, 3.8) is 0 Å². The third-order valence-electron chi connectivity index (χ3n) is 5.06. The summed E-state index contributed by atoms with van der Waals surface area (Å²) in [5, 5.41) is 0. The molecule has 0 saturated heterocycles. The average molecular weight is 340 g/mol. The summed E-state index contributed by atoms with van der Waals surface area (Å²) in [6, 6.07) is 14.7. The van der Waals surface area contributed by atoms with Crippen LogP contribution in [0.2, 0.25) is 0 Å². The third kappa shape index (κ3) is 4.95. The van der Waals surface area contributed by atoms with Crippen molar-refractivity contribution in [2.24, 2.45) is 5.92 Å². The molecule has 1 aliphatic rings. The van der Waals surface area contributed by atoms with Crippen molar-refractivity contribution in [1.82, 2.24) is 9.80 Å². The predicted molar refractivity (Wildman–Crippen MR) is 99.0 cm³/mol. The Hall–Kier alpha value is -2.07. The summed E-state index contributed by atoms with van der Waals surface area (Å²) in [7, 11) is 1.85. The van der Waals surface area contributed by atoms with Crippen molar-refractivity contribution in [3.05, 3.63) is 59.5 Å². The van der Waals surface area contributed by atoms with Gasteiger partial charge in [0.1, 0.15) is 11.5 Å². The predicted octanol–water partition coefficient (Wildman–Crippen LogP) is 3.85. The zero-order chi connectivity index (χ0) is 17.8. The number of benzene rings is 1. The molecule has 0 spiro atoms. The van der Waals surface area contributed by atoms with Gasteiger partial charge in [-0.05, 0) is 50.3 Å². The number of hydrogen-bond donors (Lipinski definition) is 0. The zero-order valence-electron chi connectivity index (χ0n) is 15.4. The molecule has 0 bridgehead atoms. The van der Waals surface area contributed by atoms with Crippen LogP contribution in [-0.4, -0.2) is 35.3 Å². The fraction of sp³-hybridized carbons (Fsp3) is 0.476. The molecule has 1 aromatic heterocycles. The molecule has 0 aliphatic heterocycles. The van der Waals surface area contributed by atoms with Gasteiger partial charge in [0.25, 0.3) is 0 Å². The average Bonchev–Trinajstić information content (AvgIpc) is 3.37. The molecule has 0 N–H and O–H groups in total. The van der Waals surface area contributed by atoms with Crippen LogP contribution in [0.15, 0.2) is 46.9 Å². The van der Waals surface area contributed by atoms with E-state index in [1.54, 1.807) is 4.90 Å².